The summed E-state index contributed by atoms with van der Waals surface area (Å²) in [5.74, 6) is 0.983. The first-order valence-corrected chi connectivity index (χ1v) is 6.93. The summed E-state index contributed by atoms with van der Waals surface area (Å²) >= 11 is 0. The van der Waals surface area contributed by atoms with Crippen LogP contribution in [0.1, 0.15) is 33.6 Å². The third-order valence-corrected chi connectivity index (χ3v) is 3.96. The lowest BCUT2D eigenvalue weighted by atomic mass is 9.90. The molecule has 0 aromatic rings. The lowest BCUT2D eigenvalue weighted by Crippen LogP contribution is -2.36. The van der Waals surface area contributed by atoms with Crippen LogP contribution in [0.25, 0.3) is 0 Å². The monoisotopic (exact) mass is 265 g/mol. The molecule has 106 valence electrons. The van der Waals surface area contributed by atoms with Gasteiger partial charge < -0.3 is 9.64 Å². The van der Waals surface area contributed by atoms with Gasteiger partial charge in [0.15, 0.2) is 0 Å². The molecule has 1 aliphatic heterocycles. The van der Waals surface area contributed by atoms with Gasteiger partial charge in [-0.1, -0.05) is 6.08 Å². The highest BCUT2D eigenvalue weighted by Gasteiger charge is 2.48. The first-order chi connectivity index (χ1) is 8.81. The van der Waals surface area contributed by atoms with Gasteiger partial charge >= 0.3 is 6.09 Å². The summed E-state index contributed by atoms with van der Waals surface area (Å²) in [6.45, 7) is 10.6. The Labute approximate surface area is 114 Å². The minimum atomic E-state index is -0.467. The lowest BCUT2D eigenvalue weighted by molar-refractivity contribution is -0.121. The van der Waals surface area contributed by atoms with E-state index >= 15 is 0 Å². The third-order valence-electron chi connectivity index (χ3n) is 3.96. The maximum atomic E-state index is 12.0. The fourth-order valence-corrected chi connectivity index (χ4v) is 3.18. The number of amides is 1. The summed E-state index contributed by atoms with van der Waals surface area (Å²) in [7, 11) is 0. The molecule has 3 atom stereocenters. The number of carbonyl (C=O) groups excluding carboxylic acids is 2. The van der Waals surface area contributed by atoms with E-state index < -0.39 is 5.60 Å². The standard InChI is InChI=1S/C15H23NO3/c1-5-6-11-12-9-16(8-10(12)7-13(11)17)14(18)19-15(2,3)4/h5,10-12H,1,6-9H2,2-4H3/t10-,11-,12+/m1/s1. The number of hydrogen-bond acceptors (Lipinski definition) is 3. The lowest BCUT2D eigenvalue weighted by Gasteiger charge is -2.25. The maximum absolute atomic E-state index is 12.0. The van der Waals surface area contributed by atoms with E-state index in [0.29, 0.717) is 31.2 Å². The smallest absolute Gasteiger partial charge is 0.410 e. The number of allylic oxidation sites excluding steroid dienone is 1. The van der Waals surface area contributed by atoms with E-state index in [1.54, 1.807) is 11.0 Å². The van der Waals surface area contributed by atoms with Gasteiger partial charge in [0, 0.05) is 25.4 Å². The molecule has 2 rings (SSSR count). The van der Waals surface area contributed by atoms with Gasteiger partial charge in [-0.05, 0) is 39.0 Å². The van der Waals surface area contributed by atoms with Gasteiger partial charge in [0.1, 0.15) is 11.4 Å². The van der Waals surface area contributed by atoms with Crippen LogP contribution in [0.4, 0.5) is 4.79 Å². The Balaban J connectivity index is 1.99. The van der Waals surface area contributed by atoms with Gasteiger partial charge in [0.05, 0.1) is 0 Å². The number of likely N-dealkylation sites (tertiary alicyclic amines) is 1. The Morgan fingerprint density at radius 1 is 1.47 bits per heavy atom. The van der Waals surface area contributed by atoms with Gasteiger partial charge in [-0.15, -0.1) is 6.58 Å². The largest absolute Gasteiger partial charge is 0.444 e. The van der Waals surface area contributed by atoms with Crippen LogP contribution in [0.3, 0.4) is 0 Å². The van der Waals surface area contributed by atoms with Crippen molar-refractivity contribution in [3.05, 3.63) is 12.7 Å². The molecule has 0 bridgehead atoms. The zero-order valence-corrected chi connectivity index (χ0v) is 12.0. The second-order valence-electron chi connectivity index (χ2n) is 6.61. The van der Waals surface area contributed by atoms with Gasteiger partial charge in [-0.2, -0.15) is 0 Å². The Kier molecular flexibility index (Phi) is 3.70. The van der Waals surface area contributed by atoms with Crippen molar-refractivity contribution in [2.75, 3.05) is 13.1 Å². The molecule has 2 aliphatic rings. The molecule has 2 fully saturated rings. The summed E-state index contributed by atoms with van der Waals surface area (Å²) in [6, 6.07) is 0. The van der Waals surface area contributed by atoms with Crippen molar-refractivity contribution < 1.29 is 14.3 Å². The van der Waals surface area contributed by atoms with Gasteiger partial charge in [0.2, 0.25) is 0 Å². The van der Waals surface area contributed by atoms with Gasteiger partial charge in [-0.3, -0.25) is 4.79 Å². The summed E-state index contributed by atoms with van der Waals surface area (Å²) in [4.78, 5) is 25.7. The Morgan fingerprint density at radius 3 is 2.74 bits per heavy atom. The highest BCUT2D eigenvalue weighted by Crippen LogP contribution is 2.42. The average molecular weight is 265 g/mol. The zero-order valence-electron chi connectivity index (χ0n) is 12.0. The fourth-order valence-electron chi connectivity index (χ4n) is 3.18. The molecule has 0 radical (unpaired) electrons. The molecule has 0 unspecified atom stereocenters. The van der Waals surface area contributed by atoms with Crippen molar-refractivity contribution >= 4 is 11.9 Å². The topological polar surface area (TPSA) is 46.6 Å². The average Bonchev–Trinajstić information content (AvgIpc) is 2.77. The predicted molar refractivity (Wildman–Crippen MR) is 72.7 cm³/mol. The minimum absolute atomic E-state index is 0.0509. The molecule has 1 heterocycles. The highest BCUT2D eigenvalue weighted by atomic mass is 16.6. The van der Waals surface area contributed by atoms with E-state index in [2.05, 4.69) is 6.58 Å². The first kappa shape index (κ1) is 14.1. The molecule has 1 aliphatic carbocycles. The molecular weight excluding hydrogens is 242 g/mol. The first-order valence-electron chi connectivity index (χ1n) is 6.93. The fraction of sp³-hybridized carbons (Fsp3) is 0.733. The van der Waals surface area contributed by atoms with E-state index in [1.807, 2.05) is 20.8 Å². The summed E-state index contributed by atoms with van der Waals surface area (Å²) in [5, 5.41) is 0. The zero-order chi connectivity index (χ0) is 14.2. The van der Waals surface area contributed by atoms with E-state index in [1.165, 1.54) is 0 Å². The number of ketones is 1. The molecule has 4 heteroatoms. The molecule has 0 aromatic heterocycles. The summed E-state index contributed by atoms with van der Waals surface area (Å²) in [6.07, 6.45) is 2.87. The molecule has 0 spiro atoms. The number of hydrogen-bond donors (Lipinski definition) is 0. The number of Topliss-reactive ketones (excluding diaryl/α,β-unsaturated/α-hetero) is 1. The van der Waals surface area contributed by atoms with Crippen LogP contribution in [-0.2, 0) is 9.53 Å². The van der Waals surface area contributed by atoms with Crippen molar-refractivity contribution in [3.8, 4) is 0 Å². The van der Waals surface area contributed by atoms with E-state index in [4.69, 9.17) is 4.74 Å². The molecular formula is C15H23NO3. The van der Waals surface area contributed by atoms with Crippen LogP contribution in [0.15, 0.2) is 12.7 Å². The van der Waals surface area contributed by atoms with Crippen molar-refractivity contribution in [1.29, 1.82) is 0 Å². The molecule has 0 aromatic carbocycles. The molecule has 0 N–H and O–H groups in total. The predicted octanol–water partition coefficient (Wildman–Crippen LogP) is 2.63. The van der Waals surface area contributed by atoms with Crippen molar-refractivity contribution in [2.45, 2.75) is 39.2 Å². The Hall–Kier alpha value is -1.32. The highest BCUT2D eigenvalue weighted by molar-refractivity contribution is 5.84. The normalized spacial score (nSPS) is 30.4. The number of fused-ring (bicyclic) bond motifs is 1. The van der Waals surface area contributed by atoms with Crippen molar-refractivity contribution in [2.24, 2.45) is 17.8 Å². The second-order valence-corrected chi connectivity index (χ2v) is 6.61. The van der Waals surface area contributed by atoms with E-state index in [-0.39, 0.29) is 17.9 Å². The van der Waals surface area contributed by atoms with Crippen LogP contribution >= 0.6 is 0 Å². The SMILES string of the molecule is C=CC[C@H]1C(=O)C[C@@H]2CN(C(=O)OC(C)(C)C)C[C@@H]21. The minimum Gasteiger partial charge on any atom is -0.444 e. The van der Waals surface area contributed by atoms with Crippen molar-refractivity contribution in [3.63, 3.8) is 0 Å². The van der Waals surface area contributed by atoms with Gasteiger partial charge in [0.25, 0.3) is 0 Å². The number of nitrogens with zero attached hydrogens (tertiary/aromatic N) is 1. The van der Waals surface area contributed by atoms with Gasteiger partial charge in [-0.25, -0.2) is 4.79 Å². The van der Waals surface area contributed by atoms with E-state index in [9.17, 15) is 9.59 Å². The van der Waals surface area contributed by atoms with Crippen LogP contribution in [0.5, 0.6) is 0 Å². The summed E-state index contributed by atoms with van der Waals surface area (Å²) < 4.78 is 5.39. The van der Waals surface area contributed by atoms with Crippen LogP contribution in [0.2, 0.25) is 0 Å². The third kappa shape index (κ3) is 2.99. The molecule has 1 saturated carbocycles. The summed E-state index contributed by atoms with van der Waals surface area (Å²) in [5.41, 5.74) is -0.467. The molecule has 19 heavy (non-hydrogen) atoms. The number of ether oxygens (including phenoxy) is 1. The maximum Gasteiger partial charge on any atom is 0.410 e. The molecule has 1 amide bonds. The number of rotatable bonds is 2. The molecule has 1 saturated heterocycles. The quantitative estimate of drug-likeness (QED) is 0.721. The van der Waals surface area contributed by atoms with Crippen molar-refractivity contribution in [1.82, 2.24) is 4.90 Å². The van der Waals surface area contributed by atoms with E-state index in [0.717, 1.165) is 6.42 Å². The number of carbonyl (C=O) groups is 2. The van der Waals surface area contributed by atoms with Crippen LogP contribution < -0.4 is 0 Å². The van der Waals surface area contributed by atoms with Crippen LogP contribution in [-0.4, -0.2) is 35.5 Å². The molecule has 4 nitrogen and oxygen atoms in total. The second kappa shape index (κ2) is 4.99. The Bertz CT molecular complexity index is 397. The van der Waals surface area contributed by atoms with Crippen LogP contribution in [0, 0.1) is 17.8 Å². The Morgan fingerprint density at radius 2 is 2.16 bits per heavy atom.